The molecule has 0 unspecified atom stereocenters. The number of nitrogens with one attached hydrogen (secondary N) is 1. The number of hydrogen-bond acceptors (Lipinski definition) is 5. The summed E-state index contributed by atoms with van der Waals surface area (Å²) in [6, 6.07) is 9.74. The Morgan fingerprint density at radius 3 is 2.78 bits per heavy atom. The van der Waals surface area contributed by atoms with E-state index in [0.29, 0.717) is 37.6 Å². The van der Waals surface area contributed by atoms with Gasteiger partial charge in [0, 0.05) is 25.9 Å². The number of pyridine rings is 1. The van der Waals surface area contributed by atoms with E-state index in [0.717, 1.165) is 19.3 Å². The fraction of sp³-hybridized carbons (Fsp3) is 0.400. The third-order valence-electron chi connectivity index (χ3n) is 4.60. The molecule has 7 heteroatoms. The summed E-state index contributed by atoms with van der Waals surface area (Å²) in [5.41, 5.74) is 6.20. The molecule has 144 valence electrons. The Balaban J connectivity index is 1.65. The van der Waals surface area contributed by atoms with E-state index in [4.69, 9.17) is 10.5 Å². The van der Waals surface area contributed by atoms with E-state index in [9.17, 15) is 9.18 Å². The lowest BCUT2D eigenvalue weighted by molar-refractivity contribution is 0.00847. The molecular weight excluding hydrogens is 347 g/mol. The fourth-order valence-electron chi connectivity index (χ4n) is 3.10. The summed E-state index contributed by atoms with van der Waals surface area (Å²) in [6.45, 7) is 2.53. The van der Waals surface area contributed by atoms with Crippen molar-refractivity contribution in [3.05, 3.63) is 54.0 Å². The van der Waals surface area contributed by atoms with Crippen LogP contribution in [0.1, 0.15) is 29.6 Å². The lowest BCUT2D eigenvalue weighted by Crippen LogP contribution is -2.41. The van der Waals surface area contributed by atoms with Crippen LogP contribution in [0.15, 0.2) is 42.6 Å². The number of rotatable bonds is 7. The van der Waals surface area contributed by atoms with Crippen LogP contribution in [-0.4, -0.2) is 48.1 Å². The maximum Gasteiger partial charge on any atom is 0.257 e. The maximum atomic E-state index is 13.9. The zero-order chi connectivity index (χ0) is 19.1. The zero-order valence-corrected chi connectivity index (χ0v) is 15.2. The predicted octanol–water partition coefficient (Wildman–Crippen LogP) is 2.93. The van der Waals surface area contributed by atoms with E-state index in [1.807, 2.05) is 0 Å². The van der Waals surface area contributed by atoms with Gasteiger partial charge in [-0.3, -0.25) is 4.79 Å². The molecule has 1 saturated heterocycles. The number of likely N-dealkylation sites (tertiary alicyclic amines) is 1. The van der Waals surface area contributed by atoms with Crippen LogP contribution in [0.3, 0.4) is 0 Å². The molecule has 1 aromatic heterocycles. The largest absolute Gasteiger partial charge is 0.378 e. The minimum Gasteiger partial charge on any atom is -0.378 e. The maximum absolute atomic E-state index is 13.9. The molecule has 27 heavy (non-hydrogen) atoms. The number of halogens is 1. The molecule has 2 aromatic rings. The van der Waals surface area contributed by atoms with E-state index in [1.165, 1.54) is 6.07 Å². The third kappa shape index (κ3) is 5.02. The van der Waals surface area contributed by atoms with E-state index in [-0.39, 0.29) is 17.7 Å². The number of carbonyl (C=O) groups is 1. The molecule has 1 fully saturated rings. The average Bonchev–Trinajstić information content (AvgIpc) is 2.70. The van der Waals surface area contributed by atoms with Crippen molar-refractivity contribution in [3.8, 4) is 0 Å². The minimum atomic E-state index is -0.392. The van der Waals surface area contributed by atoms with Crippen molar-refractivity contribution in [2.75, 3.05) is 31.6 Å². The molecule has 0 radical (unpaired) electrons. The van der Waals surface area contributed by atoms with Crippen LogP contribution in [0.25, 0.3) is 0 Å². The number of nitrogens with zero attached hydrogens (tertiary/aromatic N) is 2. The number of carbonyl (C=O) groups excluding carboxylic acids is 1. The predicted molar refractivity (Wildman–Crippen MR) is 102 cm³/mol. The Morgan fingerprint density at radius 2 is 2.04 bits per heavy atom. The average molecular weight is 372 g/mol. The molecule has 1 aromatic carbocycles. The molecule has 6 nitrogen and oxygen atoms in total. The van der Waals surface area contributed by atoms with Crippen LogP contribution in [0.2, 0.25) is 0 Å². The fourth-order valence-corrected chi connectivity index (χ4v) is 3.10. The Hall–Kier alpha value is -2.51. The van der Waals surface area contributed by atoms with Gasteiger partial charge in [0.1, 0.15) is 11.6 Å². The van der Waals surface area contributed by atoms with E-state index < -0.39 is 5.82 Å². The quantitative estimate of drug-likeness (QED) is 0.731. The van der Waals surface area contributed by atoms with Crippen molar-refractivity contribution in [1.82, 2.24) is 9.88 Å². The van der Waals surface area contributed by atoms with Crippen molar-refractivity contribution in [2.45, 2.75) is 25.4 Å². The number of para-hydroxylation sites is 1. The van der Waals surface area contributed by atoms with Gasteiger partial charge >= 0.3 is 0 Å². The van der Waals surface area contributed by atoms with Crippen LogP contribution in [0, 0.1) is 5.82 Å². The molecule has 0 saturated carbocycles. The Morgan fingerprint density at radius 1 is 1.26 bits per heavy atom. The van der Waals surface area contributed by atoms with Gasteiger partial charge in [-0.2, -0.15) is 0 Å². The van der Waals surface area contributed by atoms with Gasteiger partial charge < -0.3 is 20.7 Å². The van der Waals surface area contributed by atoms with Gasteiger partial charge in [-0.1, -0.05) is 12.1 Å². The van der Waals surface area contributed by atoms with Crippen molar-refractivity contribution in [1.29, 1.82) is 0 Å². The van der Waals surface area contributed by atoms with E-state index in [1.54, 1.807) is 41.4 Å². The number of piperidine rings is 1. The number of amides is 1. The van der Waals surface area contributed by atoms with E-state index in [2.05, 4.69) is 10.3 Å². The van der Waals surface area contributed by atoms with Gasteiger partial charge in [0.05, 0.1) is 17.4 Å². The first-order valence-corrected chi connectivity index (χ1v) is 9.26. The lowest BCUT2D eigenvalue weighted by Gasteiger charge is -2.32. The highest BCUT2D eigenvalue weighted by molar-refractivity contribution is 5.99. The summed E-state index contributed by atoms with van der Waals surface area (Å²) in [5, 5.41) is 2.93. The Kier molecular flexibility index (Phi) is 6.73. The first-order chi connectivity index (χ1) is 13.2. The van der Waals surface area contributed by atoms with Gasteiger partial charge in [0.2, 0.25) is 0 Å². The summed E-state index contributed by atoms with van der Waals surface area (Å²) in [5.74, 6) is -0.145. The highest BCUT2D eigenvalue weighted by atomic mass is 19.1. The van der Waals surface area contributed by atoms with Crippen molar-refractivity contribution in [3.63, 3.8) is 0 Å². The topological polar surface area (TPSA) is 80.5 Å². The highest BCUT2D eigenvalue weighted by Gasteiger charge is 2.26. The lowest BCUT2D eigenvalue weighted by atomic mass is 10.1. The Labute approximate surface area is 158 Å². The van der Waals surface area contributed by atoms with Crippen molar-refractivity contribution >= 4 is 17.4 Å². The summed E-state index contributed by atoms with van der Waals surface area (Å²) in [6.07, 6.45) is 4.20. The highest BCUT2D eigenvalue weighted by Crippen LogP contribution is 2.23. The monoisotopic (exact) mass is 372 g/mol. The number of nitrogens with two attached hydrogens (primary N) is 1. The first-order valence-electron chi connectivity index (χ1n) is 9.26. The number of anilines is 2. The second kappa shape index (κ2) is 9.43. The molecule has 0 bridgehead atoms. The zero-order valence-electron chi connectivity index (χ0n) is 15.2. The summed E-state index contributed by atoms with van der Waals surface area (Å²) in [4.78, 5) is 19.0. The van der Waals surface area contributed by atoms with Gasteiger partial charge in [-0.15, -0.1) is 0 Å². The van der Waals surface area contributed by atoms with Gasteiger partial charge in [0.15, 0.2) is 0 Å². The van der Waals surface area contributed by atoms with Gasteiger partial charge in [-0.25, -0.2) is 9.37 Å². The number of ether oxygens (including phenoxy) is 1. The van der Waals surface area contributed by atoms with Crippen LogP contribution in [-0.2, 0) is 4.74 Å². The summed E-state index contributed by atoms with van der Waals surface area (Å²) in [7, 11) is 0. The second-order valence-corrected chi connectivity index (χ2v) is 6.51. The van der Waals surface area contributed by atoms with Crippen LogP contribution in [0.4, 0.5) is 15.9 Å². The third-order valence-corrected chi connectivity index (χ3v) is 4.60. The molecule has 0 aliphatic carbocycles. The van der Waals surface area contributed by atoms with Crippen LogP contribution in [0.5, 0.6) is 0 Å². The number of benzene rings is 1. The molecule has 2 heterocycles. The normalized spacial score (nSPS) is 15.0. The van der Waals surface area contributed by atoms with Crippen LogP contribution >= 0.6 is 0 Å². The van der Waals surface area contributed by atoms with Gasteiger partial charge in [-0.05, 0) is 50.1 Å². The smallest absolute Gasteiger partial charge is 0.257 e. The molecule has 3 rings (SSSR count). The van der Waals surface area contributed by atoms with E-state index >= 15 is 0 Å². The number of aromatic nitrogens is 1. The first kappa shape index (κ1) is 19.3. The van der Waals surface area contributed by atoms with Gasteiger partial charge in [0.25, 0.3) is 5.91 Å². The summed E-state index contributed by atoms with van der Waals surface area (Å²) < 4.78 is 19.7. The molecule has 1 amide bonds. The molecule has 1 aliphatic rings. The molecule has 0 spiro atoms. The standard InChI is InChI=1S/C20H25FN4O2/c21-17-6-1-2-7-18(17)24-19-16(5-3-11-23-19)20(26)25-12-8-15(9-13-25)27-14-4-10-22/h1-3,5-7,11,15H,4,8-10,12-14,22H2,(H,23,24). The van der Waals surface area contributed by atoms with Crippen molar-refractivity contribution in [2.24, 2.45) is 5.73 Å². The second-order valence-electron chi connectivity index (χ2n) is 6.51. The van der Waals surface area contributed by atoms with Crippen molar-refractivity contribution < 1.29 is 13.9 Å². The molecule has 1 aliphatic heterocycles. The molecule has 3 N–H and O–H groups in total. The minimum absolute atomic E-state index is 0.109. The summed E-state index contributed by atoms with van der Waals surface area (Å²) >= 11 is 0. The SMILES string of the molecule is NCCCOC1CCN(C(=O)c2cccnc2Nc2ccccc2F)CC1. The molecular formula is C20H25FN4O2. The molecule has 0 atom stereocenters. The van der Waals surface area contributed by atoms with Crippen LogP contribution < -0.4 is 11.1 Å². The number of hydrogen-bond donors (Lipinski definition) is 2. The Bertz CT molecular complexity index is 763.